The lowest BCUT2D eigenvalue weighted by molar-refractivity contribution is 0.426. The highest BCUT2D eigenvalue weighted by Crippen LogP contribution is 2.33. The first-order chi connectivity index (χ1) is 8.41. The van der Waals surface area contributed by atoms with E-state index < -0.39 is 14.9 Å². The fourth-order valence-electron chi connectivity index (χ4n) is 2.29. The van der Waals surface area contributed by atoms with Crippen molar-refractivity contribution in [3.8, 4) is 0 Å². The van der Waals surface area contributed by atoms with Gasteiger partial charge in [0.2, 0.25) is 0 Å². The molecule has 104 valence electrons. The Balaban J connectivity index is 2.62. The Kier molecular flexibility index (Phi) is 5.60. The highest BCUT2D eigenvalue weighted by Gasteiger charge is 2.40. The average molecular weight is 272 g/mol. The fraction of sp³-hybridized carbons (Fsp3) is 0.714. The second kappa shape index (κ2) is 6.53. The van der Waals surface area contributed by atoms with E-state index in [4.69, 9.17) is 0 Å². The molecule has 0 aromatic heterocycles. The van der Waals surface area contributed by atoms with Gasteiger partial charge in [0.05, 0.1) is 0 Å². The summed E-state index contributed by atoms with van der Waals surface area (Å²) in [6.07, 6.45) is 11.6. The summed E-state index contributed by atoms with van der Waals surface area (Å²) in [6.45, 7) is 4.09. The molecular weight excluding hydrogens is 248 g/mol. The molecule has 0 saturated carbocycles. The molecule has 4 heteroatoms. The van der Waals surface area contributed by atoms with Crippen molar-refractivity contribution in [1.29, 1.82) is 0 Å². The molecule has 1 aliphatic rings. The summed E-state index contributed by atoms with van der Waals surface area (Å²) in [5.74, 6) is 0. The summed E-state index contributed by atoms with van der Waals surface area (Å²) in [5, 5.41) is 0. The summed E-state index contributed by atoms with van der Waals surface area (Å²) >= 11 is 0. The van der Waals surface area contributed by atoms with Gasteiger partial charge in [0.25, 0.3) is 10.1 Å². The second-order valence-corrected chi connectivity index (χ2v) is 6.95. The largest absolute Gasteiger partial charge is 0.285 e. The van der Waals surface area contributed by atoms with Crippen LogP contribution >= 0.6 is 0 Å². The van der Waals surface area contributed by atoms with Crippen molar-refractivity contribution in [2.24, 2.45) is 0 Å². The summed E-state index contributed by atoms with van der Waals surface area (Å²) in [5.41, 5.74) is 1.06. The van der Waals surface area contributed by atoms with Crippen LogP contribution in [-0.2, 0) is 10.1 Å². The summed E-state index contributed by atoms with van der Waals surface area (Å²) < 4.78 is 31.6. The molecule has 0 heterocycles. The van der Waals surface area contributed by atoms with E-state index in [1.165, 1.54) is 12.8 Å². The molecule has 0 fully saturated rings. The third-order valence-electron chi connectivity index (χ3n) is 3.64. The predicted molar refractivity (Wildman–Crippen MR) is 75.2 cm³/mol. The maximum atomic E-state index is 11.6. The maximum absolute atomic E-state index is 11.6. The molecule has 1 rings (SSSR count). The standard InChI is InChI=1S/C14H24O3S/c1-3-4-5-6-7-10-14(18(15,16)17)11-8-13(2)9-12-14/h8-9,11H,3-7,10,12H2,1-2H3,(H,15,16,17). The van der Waals surface area contributed by atoms with Crippen LogP contribution in [0.15, 0.2) is 23.8 Å². The highest BCUT2D eigenvalue weighted by atomic mass is 32.2. The molecule has 18 heavy (non-hydrogen) atoms. The van der Waals surface area contributed by atoms with Crippen molar-refractivity contribution >= 4 is 10.1 Å². The van der Waals surface area contributed by atoms with E-state index >= 15 is 0 Å². The molecule has 0 radical (unpaired) electrons. The quantitative estimate of drug-likeness (QED) is 0.565. The van der Waals surface area contributed by atoms with Crippen molar-refractivity contribution in [3.05, 3.63) is 23.8 Å². The van der Waals surface area contributed by atoms with Crippen LogP contribution in [0.3, 0.4) is 0 Å². The van der Waals surface area contributed by atoms with Gasteiger partial charge in [-0.25, -0.2) is 0 Å². The molecule has 0 saturated heterocycles. The van der Waals surface area contributed by atoms with E-state index in [1.54, 1.807) is 12.2 Å². The molecule has 1 aliphatic carbocycles. The van der Waals surface area contributed by atoms with E-state index in [2.05, 4.69) is 6.92 Å². The van der Waals surface area contributed by atoms with E-state index in [0.29, 0.717) is 12.8 Å². The zero-order chi connectivity index (χ0) is 13.6. The van der Waals surface area contributed by atoms with Gasteiger partial charge in [-0.1, -0.05) is 62.8 Å². The van der Waals surface area contributed by atoms with Gasteiger partial charge in [0.1, 0.15) is 4.75 Å². The van der Waals surface area contributed by atoms with Crippen molar-refractivity contribution in [3.63, 3.8) is 0 Å². The first kappa shape index (κ1) is 15.4. The van der Waals surface area contributed by atoms with Crippen LogP contribution in [0, 0.1) is 0 Å². The number of hydrogen-bond acceptors (Lipinski definition) is 2. The first-order valence-corrected chi connectivity index (χ1v) is 8.18. The van der Waals surface area contributed by atoms with Crippen LogP contribution in [0.4, 0.5) is 0 Å². The molecule has 0 aromatic carbocycles. The smallest absolute Gasteiger partial charge is 0.274 e. The lowest BCUT2D eigenvalue weighted by Gasteiger charge is -2.28. The SMILES string of the molecule is CCCCCCCC1(S(=O)(=O)O)C=CC(C)=CC1. The molecule has 1 N–H and O–H groups in total. The van der Waals surface area contributed by atoms with Gasteiger partial charge in [-0.2, -0.15) is 8.42 Å². The number of rotatable bonds is 7. The molecule has 1 atom stereocenters. The topological polar surface area (TPSA) is 54.4 Å². The fourth-order valence-corrected chi connectivity index (χ4v) is 3.22. The Morgan fingerprint density at radius 2 is 1.94 bits per heavy atom. The lowest BCUT2D eigenvalue weighted by Crippen LogP contribution is -2.37. The Hall–Kier alpha value is -0.610. The molecule has 1 unspecified atom stereocenters. The number of allylic oxidation sites excluding steroid dienone is 3. The molecule has 0 amide bonds. The van der Waals surface area contributed by atoms with Gasteiger partial charge in [-0.15, -0.1) is 0 Å². The van der Waals surface area contributed by atoms with Gasteiger partial charge in [-0.05, 0) is 19.8 Å². The zero-order valence-electron chi connectivity index (χ0n) is 11.4. The summed E-state index contributed by atoms with van der Waals surface area (Å²) in [4.78, 5) is 0. The van der Waals surface area contributed by atoms with Crippen LogP contribution in [0.5, 0.6) is 0 Å². The number of hydrogen-bond donors (Lipinski definition) is 1. The third kappa shape index (κ3) is 3.95. The van der Waals surface area contributed by atoms with Gasteiger partial charge in [0.15, 0.2) is 0 Å². The van der Waals surface area contributed by atoms with E-state index in [9.17, 15) is 13.0 Å². The second-order valence-electron chi connectivity index (χ2n) is 5.19. The molecule has 0 spiro atoms. The van der Waals surface area contributed by atoms with Gasteiger partial charge in [0, 0.05) is 0 Å². The zero-order valence-corrected chi connectivity index (χ0v) is 12.2. The molecule has 0 aromatic rings. The van der Waals surface area contributed by atoms with Crippen molar-refractivity contribution in [2.45, 2.75) is 63.5 Å². The maximum Gasteiger partial charge on any atom is 0.274 e. The third-order valence-corrected chi connectivity index (χ3v) is 5.17. The normalized spacial score (nSPS) is 24.1. The monoisotopic (exact) mass is 272 g/mol. The van der Waals surface area contributed by atoms with Crippen LogP contribution in [0.25, 0.3) is 0 Å². The van der Waals surface area contributed by atoms with Crippen LogP contribution < -0.4 is 0 Å². The Labute approximate surface area is 111 Å². The Morgan fingerprint density at radius 1 is 1.28 bits per heavy atom. The minimum absolute atomic E-state index is 0.391. The summed E-state index contributed by atoms with van der Waals surface area (Å²) in [6, 6.07) is 0. The molecule has 3 nitrogen and oxygen atoms in total. The van der Waals surface area contributed by atoms with Crippen LogP contribution in [0.2, 0.25) is 0 Å². The summed E-state index contributed by atoms with van der Waals surface area (Å²) in [7, 11) is -4.04. The molecular formula is C14H24O3S. The van der Waals surface area contributed by atoms with E-state index in [0.717, 1.165) is 24.8 Å². The predicted octanol–water partition coefficient (Wildman–Crippen LogP) is 3.88. The van der Waals surface area contributed by atoms with Crippen LogP contribution in [0.1, 0.15) is 58.8 Å². The minimum atomic E-state index is -4.04. The Bertz CT molecular complexity index is 420. The van der Waals surface area contributed by atoms with Crippen LogP contribution in [-0.4, -0.2) is 17.7 Å². The highest BCUT2D eigenvalue weighted by molar-refractivity contribution is 7.87. The first-order valence-electron chi connectivity index (χ1n) is 6.74. The number of unbranched alkanes of at least 4 members (excludes halogenated alkanes) is 4. The Morgan fingerprint density at radius 3 is 2.44 bits per heavy atom. The average Bonchev–Trinajstić information content (AvgIpc) is 2.30. The van der Waals surface area contributed by atoms with Gasteiger partial charge >= 0.3 is 0 Å². The van der Waals surface area contributed by atoms with Gasteiger partial charge < -0.3 is 0 Å². The minimum Gasteiger partial charge on any atom is -0.285 e. The lowest BCUT2D eigenvalue weighted by atomic mass is 9.91. The van der Waals surface area contributed by atoms with Crippen molar-refractivity contribution in [1.82, 2.24) is 0 Å². The van der Waals surface area contributed by atoms with E-state index in [1.807, 2.05) is 13.0 Å². The molecule has 0 aliphatic heterocycles. The molecule has 0 bridgehead atoms. The van der Waals surface area contributed by atoms with E-state index in [-0.39, 0.29) is 0 Å². The van der Waals surface area contributed by atoms with Crippen molar-refractivity contribution < 1.29 is 13.0 Å². The van der Waals surface area contributed by atoms with Crippen molar-refractivity contribution in [2.75, 3.05) is 0 Å². The van der Waals surface area contributed by atoms with Gasteiger partial charge in [-0.3, -0.25) is 4.55 Å².